The summed E-state index contributed by atoms with van der Waals surface area (Å²) in [7, 11) is 0. The van der Waals surface area contributed by atoms with Crippen molar-refractivity contribution in [3.05, 3.63) is 29.8 Å². The lowest BCUT2D eigenvalue weighted by atomic mass is 10.2. The normalized spacial score (nSPS) is 11.1. The van der Waals surface area contributed by atoms with Crippen LogP contribution in [0.1, 0.15) is 19.4 Å². The second-order valence-electron chi connectivity index (χ2n) is 3.67. The van der Waals surface area contributed by atoms with Gasteiger partial charge >= 0.3 is 6.03 Å². The summed E-state index contributed by atoms with van der Waals surface area (Å²) < 4.78 is 0. The van der Waals surface area contributed by atoms with Gasteiger partial charge in [-0.15, -0.1) is 0 Å². The second-order valence-corrected chi connectivity index (χ2v) is 3.67. The van der Waals surface area contributed by atoms with Crippen molar-refractivity contribution < 1.29 is 10.0 Å². The highest BCUT2D eigenvalue weighted by molar-refractivity contribution is 5.99. The van der Waals surface area contributed by atoms with Crippen molar-refractivity contribution in [3.8, 4) is 0 Å². The zero-order chi connectivity index (χ0) is 13.5. The summed E-state index contributed by atoms with van der Waals surface area (Å²) in [6, 6.07) is 6.65. The Kier molecular flexibility index (Phi) is 4.98. The van der Waals surface area contributed by atoms with Gasteiger partial charge < -0.3 is 21.2 Å². The van der Waals surface area contributed by atoms with E-state index in [0.717, 1.165) is 0 Å². The van der Waals surface area contributed by atoms with Crippen molar-refractivity contribution in [3.63, 3.8) is 0 Å². The molecule has 0 aliphatic carbocycles. The van der Waals surface area contributed by atoms with Gasteiger partial charge in [0.25, 0.3) is 0 Å². The number of hydrogen-bond acceptors (Lipinski definition) is 3. The minimum Gasteiger partial charge on any atom is -0.409 e. The van der Waals surface area contributed by atoms with E-state index >= 15 is 0 Å². The Balaban J connectivity index is 2.82. The summed E-state index contributed by atoms with van der Waals surface area (Å²) >= 11 is 0. The molecule has 0 atom stereocenters. The van der Waals surface area contributed by atoms with E-state index in [0.29, 0.717) is 24.3 Å². The molecule has 0 unspecified atom stereocenters. The molecule has 0 bridgehead atoms. The number of nitrogens with two attached hydrogens (primary N) is 1. The van der Waals surface area contributed by atoms with Gasteiger partial charge in [-0.3, -0.25) is 0 Å². The highest BCUT2D eigenvalue weighted by Crippen LogP contribution is 2.11. The first-order valence-electron chi connectivity index (χ1n) is 5.76. The molecule has 4 N–H and O–H groups in total. The van der Waals surface area contributed by atoms with Crippen molar-refractivity contribution in [1.82, 2.24) is 4.90 Å². The average Bonchev–Trinajstić information content (AvgIpc) is 2.39. The molecular weight excluding hydrogens is 232 g/mol. The van der Waals surface area contributed by atoms with Gasteiger partial charge in [0.2, 0.25) is 0 Å². The number of nitrogens with one attached hydrogen (secondary N) is 1. The number of benzene rings is 1. The van der Waals surface area contributed by atoms with Gasteiger partial charge in [-0.1, -0.05) is 17.3 Å². The van der Waals surface area contributed by atoms with E-state index in [1.807, 2.05) is 13.8 Å². The van der Waals surface area contributed by atoms with Gasteiger partial charge in [-0.25, -0.2) is 4.79 Å². The van der Waals surface area contributed by atoms with E-state index in [1.54, 1.807) is 29.2 Å². The maximum absolute atomic E-state index is 11.8. The first-order valence-corrected chi connectivity index (χ1v) is 5.76. The summed E-state index contributed by atoms with van der Waals surface area (Å²) in [4.78, 5) is 13.5. The molecule has 0 fully saturated rings. The van der Waals surface area contributed by atoms with Crippen molar-refractivity contribution >= 4 is 17.6 Å². The third-order valence-corrected chi connectivity index (χ3v) is 2.57. The molecule has 0 saturated heterocycles. The molecule has 6 nitrogen and oxygen atoms in total. The van der Waals surface area contributed by atoms with Crippen LogP contribution in [0.5, 0.6) is 0 Å². The standard InChI is InChI=1S/C12H18N4O2/c1-3-16(4-2)12(17)14-10-7-5-6-9(8-10)11(13)15-18/h5-8,18H,3-4H2,1-2H3,(H2,13,15)(H,14,17). The zero-order valence-electron chi connectivity index (χ0n) is 10.6. The van der Waals surface area contributed by atoms with E-state index in [1.165, 1.54) is 0 Å². The molecule has 0 heterocycles. The number of oxime groups is 1. The lowest BCUT2D eigenvalue weighted by Crippen LogP contribution is -2.34. The van der Waals surface area contributed by atoms with Gasteiger partial charge in [0.15, 0.2) is 5.84 Å². The number of nitrogens with zero attached hydrogens (tertiary/aromatic N) is 2. The van der Waals surface area contributed by atoms with E-state index in [-0.39, 0.29) is 11.9 Å². The van der Waals surface area contributed by atoms with Gasteiger partial charge in [0.1, 0.15) is 0 Å². The highest BCUT2D eigenvalue weighted by Gasteiger charge is 2.09. The molecule has 1 aromatic rings. The van der Waals surface area contributed by atoms with Crippen LogP contribution in [0, 0.1) is 0 Å². The molecule has 6 heteroatoms. The number of carbonyl (C=O) groups is 1. The molecule has 0 saturated carbocycles. The van der Waals surface area contributed by atoms with Crippen molar-refractivity contribution in [2.45, 2.75) is 13.8 Å². The Morgan fingerprint density at radius 2 is 2.11 bits per heavy atom. The van der Waals surface area contributed by atoms with Gasteiger partial charge in [-0.2, -0.15) is 0 Å². The Morgan fingerprint density at radius 3 is 2.67 bits per heavy atom. The predicted molar refractivity (Wildman–Crippen MR) is 70.9 cm³/mol. The molecule has 98 valence electrons. The lowest BCUT2D eigenvalue weighted by molar-refractivity contribution is 0.217. The van der Waals surface area contributed by atoms with Crippen molar-refractivity contribution in [2.75, 3.05) is 18.4 Å². The summed E-state index contributed by atoms with van der Waals surface area (Å²) in [5, 5.41) is 14.3. The minimum absolute atomic E-state index is 0.00828. The number of rotatable bonds is 4. The fraction of sp³-hybridized carbons (Fsp3) is 0.333. The van der Waals surface area contributed by atoms with Gasteiger partial charge in [-0.05, 0) is 26.0 Å². The summed E-state index contributed by atoms with van der Waals surface area (Å²) in [6.07, 6.45) is 0. The third kappa shape index (κ3) is 3.38. The monoisotopic (exact) mass is 250 g/mol. The molecule has 0 aromatic heterocycles. The molecule has 0 aliphatic rings. The smallest absolute Gasteiger partial charge is 0.321 e. The first kappa shape index (κ1) is 13.8. The second kappa shape index (κ2) is 6.48. The Bertz CT molecular complexity index is 441. The first-order chi connectivity index (χ1) is 8.62. The number of carbonyl (C=O) groups excluding carboxylic acids is 1. The summed E-state index contributed by atoms with van der Waals surface area (Å²) in [5.74, 6) is 0.00828. The molecular formula is C12H18N4O2. The Labute approximate surface area is 106 Å². The molecule has 1 aromatic carbocycles. The maximum Gasteiger partial charge on any atom is 0.321 e. The third-order valence-electron chi connectivity index (χ3n) is 2.57. The number of amidine groups is 1. The van der Waals surface area contributed by atoms with Crippen LogP contribution in [0.25, 0.3) is 0 Å². The van der Waals surface area contributed by atoms with Crippen LogP contribution in [-0.4, -0.2) is 35.1 Å². The van der Waals surface area contributed by atoms with Crippen LogP contribution in [0.3, 0.4) is 0 Å². The predicted octanol–water partition coefficient (Wildman–Crippen LogP) is 1.65. The number of hydrogen-bond donors (Lipinski definition) is 3. The minimum atomic E-state index is -0.170. The van der Waals surface area contributed by atoms with E-state index in [9.17, 15) is 4.79 Å². The quantitative estimate of drug-likeness (QED) is 0.328. The molecule has 1 rings (SSSR count). The van der Waals surface area contributed by atoms with Crippen LogP contribution < -0.4 is 11.1 Å². The molecule has 0 radical (unpaired) electrons. The molecule has 0 aliphatic heterocycles. The van der Waals surface area contributed by atoms with Crippen LogP contribution in [-0.2, 0) is 0 Å². The Morgan fingerprint density at radius 1 is 1.44 bits per heavy atom. The van der Waals surface area contributed by atoms with Crippen LogP contribution >= 0.6 is 0 Å². The van der Waals surface area contributed by atoms with Gasteiger partial charge in [0, 0.05) is 24.3 Å². The van der Waals surface area contributed by atoms with E-state index < -0.39 is 0 Å². The summed E-state index contributed by atoms with van der Waals surface area (Å²) in [6.45, 7) is 5.11. The zero-order valence-corrected chi connectivity index (χ0v) is 10.6. The largest absolute Gasteiger partial charge is 0.409 e. The maximum atomic E-state index is 11.8. The number of urea groups is 1. The van der Waals surface area contributed by atoms with Crippen LogP contribution in [0.15, 0.2) is 29.4 Å². The van der Waals surface area contributed by atoms with Crippen LogP contribution in [0.4, 0.5) is 10.5 Å². The number of amides is 2. The van der Waals surface area contributed by atoms with Crippen molar-refractivity contribution in [2.24, 2.45) is 10.9 Å². The summed E-state index contributed by atoms with van der Waals surface area (Å²) in [5.41, 5.74) is 6.64. The number of anilines is 1. The lowest BCUT2D eigenvalue weighted by Gasteiger charge is -2.19. The van der Waals surface area contributed by atoms with E-state index in [2.05, 4.69) is 10.5 Å². The average molecular weight is 250 g/mol. The molecule has 0 spiro atoms. The van der Waals surface area contributed by atoms with Gasteiger partial charge in [0.05, 0.1) is 0 Å². The SMILES string of the molecule is CCN(CC)C(=O)Nc1cccc(C(N)=NO)c1. The fourth-order valence-corrected chi connectivity index (χ4v) is 1.53. The highest BCUT2D eigenvalue weighted by atomic mass is 16.4. The molecule has 18 heavy (non-hydrogen) atoms. The molecule has 2 amide bonds. The fourth-order valence-electron chi connectivity index (χ4n) is 1.53. The topological polar surface area (TPSA) is 91.0 Å². The van der Waals surface area contributed by atoms with E-state index in [4.69, 9.17) is 10.9 Å². The Hall–Kier alpha value is -2.24. The van der Waals surface area contributed by atoms with Crippen LogP contribution in [0.2, 0.25) is 0 Å². The van der Waals surface area contributed by atoms with Crippen molar-refractivity contribution in [1.29, 1.82) is 0 Å².